The van der Waals surface area contributed by atoms with Crippen molar-refractivity contribution in [1.29, 1.82) is 5.26 Å². The van der Waals surface area contributed by atoms with Gasteiger partial charge in [-0.25, -0.2) is 4.39 Å². The third-order valence-electron chi connectivity index (χ3n) is 4.50. The molecule has 1 unspecified atom stereocenters. The van der Waals surface area contributed by atoms with Crippen LogP contribution in [0.5, 0.6) is 0 Å². The average Bonchev–Trinajstić information content (AvgIpc) is 2.78. The molecule has 0 aromatic heterocycles. The van der Waals surface area contributed by atoms with Crippen LogP contribution in [0.4, 0.5) is 4.39 Å². The summed E-state index contributed by atoms with van der Waals surface area (Å²) in [6.45, 7) is 3.78. The molecule has 1 fully saturated rings. The quantitative estimate of drug-likeness (QED) is 0.769. The monoisotopic (exact) mass is 259 g/mol. The summed E-state index contributed by atoms with van der Waals surface area (Å²) in [4.78, 5) is 4.55. The van der Waals surface area contributed by atoms with Crippen molar-refractivity contribution in [3.05, 3.63) is 35.1 Å². The Labute approximate surface area is 113 Å². The van der Waals surface area contributed by atoms with Gasteiger partial charge >= 0.3 is 0 Å². The molecule has 3 nitrogen and oxygen atoms in total. The van der Waals surface area contributed by atoms with Crippen LogP contribution < -0.4 is 0 Å². The maximum absolute atomic E-state index is 13.3. The number of aryl methyl sites for hydroxylation is 1. The van der Waals surface area contributed by atoms with E-state index in [4.69, 9.17) is 0 Å². The fraction of sp³-hybridized carbons (Fsp3) is 0.533. The smallest absolute Gasteiger partial charge is 0.135 e. The van der Waals surface area contributed by atoms with Gasteiger partial charge in [0.1, 0.15) is 11.4 Å². The Kier molecular flexibility index (Phi) is 3.04. The second-order valence-corrected chi connectivity index (χ2v) is 5.56. The number of benzene rings is 1. The average molecular weight is 259 g/mol. The summed E-state index contributed by atoms with van der Waals surface area (Å²) in [5, 5.41) is 9.75. The van der Waals surface area contributed by atoms with Crippen molar-refractivity contribution in [2.24, 2.45) is 0 Å². The molecule has 4 heteroatoms. The minimum Gasteiger partial charge on any atom is -0.304 e. The van der Waals surface area contributed by atoms with E-state index >= 15 is 0 Å². The summed E-state index contributed by atoms with van der Waals surface area (Å²) in [7, 11) is 2.11. The molecule has 1 saturated heterocycles. The largest absolute Gasteiger partial charge is 0.304 e. The van der Waals surface area contributed by atoms with E-state index in [0.717, 1.165) is 50.1 Å². The third kappa shape index (κ3) is 1.94. The minimum absolute atomic E-state index is 0.203. The number of halogens is 1. The van der Waals surface area contributed by atoms with Gasteiger partial charge in [-0.2, -0.15) is 5.26 Å². The normalized spacial score (nSPS) is 28.1. The summed E-state index contributed by atoms with van der Waals surface area (Å²) >= 11 is 0. The highest BCUT2D eigenvalue weighted by atomic mass is 19.1. The molecule has 2 aliphatic rings. The number of hydrogen-bond acceptors (Lipinski definition) is 3. The molecule has 100 valence electrons. The Morgan fingerprint density at radius 2 is 2.00 bits per heavy atom. The van der Waals surface area contributed by atoms with Crippen molar-refractivity contribution < 1.29 is 4.39 Å². The molecular formula is C15H18FN3. The van der Waals surface area contributed by atoms with Gasteiger partial charge in [-0.3, -0.25) is 4.90 Å². The van der Waals surface area contributed by atoms with E-state index in [9.17, 15) is 9.65 Å². The van der Waals surface area contributed by atoms with Crippen LogP contribution >= 0.6 is 0 Å². The van der Waals surface area contributed by atoms with Crippen LogP contribution in [0.3, 0.4) is 0 Å². The zero-order valence-corrected chi connectivity index (χ0v) is 11.2. The summed E-state index contributed by atoms with van der Waals surface area (Å²) in [6, 6.07) is 7.39. The maximum Gasteiger partial charge on any atom is 0.135 e. The van der Waals surface area contributed by atoms with Crippen LogP contribution in [-0.2, 0) is 12.0 Å². The lowest BCUT2D eigenvalue weighted by atomic mass is 9.90. The van der Waals surface area contributed by atoms with Gasteiger partial charge in [0.15, 0.2) is 0 Å². The van der Waals surface area contributed by atoms with Crippen LogP contribution in [0.15, 0.2) is 18.2 Å². The molecule has 1 heterocycles. The minimum atomic E-state index is -0.537. The third-order valence-corrected chi connectivity index (χ3v) is 4.50. The highest BCUT2D eigenvalue weighted by Crippen LogP contribution is 2.41. The molecule has 1 atom stereocenters. The molecule has 3 rings (SSSR count). The highest BCUT2D eigenvalue weighted by Gasteiger charge is 2.44. The fourth-order valence-electron chi connectivity index (χ4n) is 3.33. The molecule has 0 spiro atoms. The van der Waals surface area contributed by atoms with Crippen molar-refractivity contribution in [3.8, 4) is 6.07 Å². The summed E-state index contributed by atoms with van der Waals surface area (Å²) in [5.74, 6) is -0.203. The van der Waals surface area contributed by atoms with Gasteiger partial charge in [0.25, 0.3) is 0 Å². The standard InChI is InChI=1S/C15H18FN3/c1-18-6-8-19(9-7-18)15(11-17)5-4-12-10-13(16)2-3-14(12)15/h2-3,10H,4-9H2,1H3. The van der Waals surface area contributed by atoms with Gasteiger partial charge in [0.2, 0.25) is 0 Å². The molecule has 1 aliphatic carbocycles. The highest BCUT2D eigenvalue weighted by molar-refractivity contribution is 5.44. The number of rotatable bonds is 1. The number of fused-ring (bicyclic) bond motifs is 1. The lowest BCUT2D eigenvalue weighted by molar-refractivity contribution is 0.0727. The summed E-state index contributed by atoms with van der Waals surface area (Å²) < 4.78 is 13.3. The Balaban J connectivity index is 1.97. The Hall–Kier alpha value is -1.44. The zero-order valence-electron chi connectivity index (χ0n) is 11.2. The van der Waals surface area contributed by atoms with Gasteiger partial charge in [-0.15, -0.1) is 0 Å². The van der Waals surface area contributed by atoms with Gasteiger partial charge in [0, 0.05) is 26.2 Å². The molecule has 0 saturated carbocycles. The lowest BCUT2D eigenvalue weighted by Gasteiger charge is -2.41. The molecule has 0 radical (unpaired) electrons. The number of likely N-dealkylation sites (N-methyl/N-ethyl adjacent to an activating group) is 1. The van der Waals surface area contributed by atoms with E-state index in [1.165, 1.54) is 6.07 Å². The molecule has 1 aromatic carbocycles. The van der Waals surface area contributed by atoms with Crippen LogP contribution in [0, 0.1) is 17.1 Å². The fourth-order valence-corrected chi connectivity index (χ4v) is 3.33. The predicted molar refractivity (Wildman–Crippen MR) is 71.1 cm³/mol. The first-order valence-electron chi connectivity index (χ1n) is 6.79. The van der Waals surface area contributed by atoms with Crippen molar-refractivity contribution in [2.45, 2.75) is 18.4 Å². The SMILES string of the molecule is CN1CCN(C2(C#N)CCc3cc(F)ccc32)CC1. The predicted octanol–water partition coefficient (Wildman–Crippen LogP) is 1.74. The maximum atomic E-state index is 13.3. The van der Waals surface area contributed by atoms with E-state index in [1.807, 2.05) is 0 Å². The number of hydrogen-bond donors (Lipinski definition) is 0. The van der Waals surface area contributed by atoms with Gasteiger partial charge in [0.05, 0.1) is 6.07 Å². The molecule has 19 heavy (non-hydrogen) atoms. The second kappa shape index (κ2) is 4.59. The van der Waals surface area contributed by atoms with Gasteiger partial charge in [-0.05, 0) is 43.1 Å². The van der Waals surface area contributed by atoms with E-state index < -0.39 is 5.54 Å². The van der Waals surface area contributed by atoms with Gasteiger partial charge < -0.3 is 4.90 Å². The van der Waals surface area contributed by atoms with Crippen molar-refractivity contribution in [2.75, 3.05) is 33.2 Å². The topological polar surface area (TPSA) is 30.3 Å². The first-order valence-corrected chi connectivity index (χ1v) is 6.79. The lowest BCUT2D eigenvalue weighted by Crippen LogP contribution is -2.53. The van der Waals surface area contributed by atoms with Crippen LogP contribution in [0.1, 0.15) is 17.5 Å². The van der Waals surface area contributed by atoms with Crippen LogP contribution in [-0.4, -0.2) is 43.0 Å². The Bertz CT molecular complexity index is 529. The first-order chi connectivity index (χ1) is 9.15. The number of piperazine rings is 1. The van der Waals surface area contributed by atoms with Crippen molar-refractivity contribution in [1.82, 2.24) is 9.80 Å². The number of nitrogens with zero attached hydrogens (tertiary/aromatic N) is 3. The van der Waals surface area contributed by atoms with E-state index in [-0.39, 0.29) is 5.82 Å². The van der Waals surface area contributed by atoms with Gasteiger partial charge in [-0.1, -0.05) is 6.07 Å². The molecule has 0 bridgehead atoms. The van der Waals surface area contributed by atoms with E-state index in [2.05, 4.69) is 22.9 Å². The van der Waals surface area contributed by atoms with E-state index in [0.29, 0.717) is 0 Å². The Morgan fingerprint density at radius 1 is 1.26 bits per heavy atom. The molecule has 1 aliphatic heterocycles. The van der Waals surface area contributed by atoms with Crippen LogP contribution in [0.2, 0.25) is 0 Å². The zero-order chi connectivity index (χ0) is 13.5. The molecule has 1 aromatic rings. The van der Waals surface area contributed by atoms with Crippen molar-refractivity contribution >= 4 is 0 Å². The molecule has 0 N–H and O–H groups in total. The Morgan fingerprint density at radius 3 is 2.68 bits per heavy atom. The van der Waals surface area contributed by atoms with E-state index in [1.54, 1.807) is 12.1 Å². The molecular weight excluding hydrogens is 241 g/mol. The second-order valence-electron chi connectivity index (χ2n) is 5.56. The summed E-state index contributed by atoms with van der Waals surface area (Å²) in [6.07, 6.45) is 1.58. The van der Waals surface area contributed by atoms with Crippen molar-refractivity contribution in [3.63, 3.8) is 0 Å². The number of nitriles is 1. The molecule has 0 amide bonds. The summed E-state index contributed by atoms with van der Waals surface area (Å²) in [5.41, 5.74) is 1.48. The first kappa shape index (κ1) is 12.6. The van der Waals surface area contributed by atoms with Crippen LogP contribution in [0.25, 0.3) is 0 Å².